The van der Waals surface area contributed by atoms with E-state index in [9.17, 15) is 4.39 Å². The van der Waals surface area contributed by atoms with Crippen molar-refractivity contribution in [3.05, 3.63) is 42.0 Å². The SMILES string of the molecule is Nc1nc(NCCCc2cccc(F)c2)nc2nc[nH]c12. The van der Waals surface area contributed by atoms with E-state index >= 15 is 0 Å². The molecule has 4 N–H and O–H groups in total. The first-order valence-electron chi connectivity index (χ1n) is 6.67. The van der Waals surface area contributed by atoms with Gasteiger partial charge in [0.2, 0.25) is 5.95 Å². The molecule has 2 aromatic heterocycles. The Bertz CT molecular complexity index is 754. The topological polar surface area (TPSA) is 92.5 Å². The molecular weight excluding hydrogens is 271 g/mol. The fraction of sp³-hybridized carbons (Fsp3) is 0.214. The van der Waals surface area contributed by atoms with E-state index in [4.69, 9.17) is 5.73 Å². The summed E-state index contributed by atoms with van der Waals surface area (Å²) in [4.78, 5) is 15.3. The van der Waals surface area contributed by atoms with Crippen molar-refractivity contribution in [3.63, 3.8) is 0 Å². The summed E-state index contributed by atoms with van der Waals surface area (Å²) in [5.74, 6) is 0.608. The summed E-state index contributed by atoms with van der Waals surface area (Å²) in [6.45, 7) is 0.673. The largest absolute Gasteiger partial charge is 0.382 e. The van der Waals surface area contributed by atoms with Crippen LogP contribution in [0.5, 0.6) is 0 Å². The number of aromatic amines is 1. The highest BCUT2D eigenvalue weighted by Crippen LogP contribution is 2.15. The lowest BCUT2D eigenvalue weighted by Crippen LogP contribution is -2.08. The molecule has 0 aliphatic carbocycles. The molecule has 0 aliphatic heterocycles. The zero-order valence-electron chi connectivity index (χ0n) is 11.3. The maximum Gasteiger partial charge on any atom is 0.226 e. The molecule has 7 heteroatoms. The standard InChI is InChI=1S/C14H15FN6/c15-10-5-1-3-9(7-10)4-2-6-17-14-20-12(16)11-13(21-14)19-8-18-11/h1,3,5,7-8H,2,4,6H2,(H4,16,17,18,19,20,21). The van der Waals surface area contributed by atoms with Crippen molar-refractivity contribution < 1.29 is 4.39 Å². The third-order valence-corrected chi connectivity index (χ3v) is 3.13. The second-order valence-corrected chi connectivity index (χ2v) is 4.69. The van der Waals surface area contributed by atoms with Gasteiger partial charge in [0, 0.05) is 6.54 Å². The lowest BCUT2D eigenvalue weighted by atomic mass is 10.1. The first-order valence-corrected chi connectivity index (χ1v) is 6.67. The maximum absolute atomic E-state index is 13.0. The normalized spacial score (nSPS) is 10.9. The van der Waals surface area contributed by atoms with E-state index in [1.54, 1.807) is 12.1 Å². The number of nitrogens with two attached hydrogens (primary N) is 1. The Labute approximate surface area is 120 Å². The van der Waals surface area contributed by atoms with E-state index in [0.29, 0.717) is 29.5 Å². The number of H-pyrrole nitrogens is 1. The van der Waals surface area contributed by atoms with Gasteiger partial charge in [-0.25, -0.2) is 9.37 Å². The summed E-state index contributed by atoms with van der Waals surface area (Å²) in [5.41, 5.74) is 7.96. The summed E-state index contributed by atoms with van der Waals surface area (Å²) in [7, 11) is 0. The molecule has 0 aliphatic rings. The Morgan fingerprint density at radius 2 is 2.19 bits per heavy atom. The minimum absolute atomic E-state index is 0.208. The number of hydrogen-bond acceptors (Lipinski definition) is 5. The summed E-state index contributed by atoms with van der Waals surface area (Å²) in [6, 6.07) is 6.61. The fourth-order valence-corrected chi connectivity index (χ4v) is 2.12. The number of aromatic nitrogens is 4. The Balaban J connectivity index is 1.57. The maximum atomic E-state index is 13.0. The van der Waals surface area contributed by atoms with E-state index in [1.165, 1.54) is 12.4 Å². The predicted molar refractivity (Wildman–Crippen MR) is 79.3 cm³/mol. The van der Waals surface area contributed by atoms with Crippen LogP contribution < -0.4 is 11.1 Å². The molecule has 6 nitrogen and oxygen atoms in total. The average molecular weight is 286 g/mol. The molecule has 0 amide bonds. The van der Waals surface area contributed by atoms with Gasteiger partial charge in [-0.05, 0) is 30.5 Å². The van der Waals surface area contributed by atoms with Crippen molar-refractivity contribution in [1.82, 2.24) is 19.9 Å². The minimum Gasteiger partial charge on any atom is -0.382 e. The van der Waals surface area contributed by atoms with Crippen LogP contribution in [0.3, 0.4) is 0 Å². The van der Waals surface area contributed by atoms with Crippen molar-refractivity contribution in [1.29, 1.82) is 0 Å². The molecular formula is C14H15FN6. The van der Waals surface area contributed by atoms with Crippen molar-refractivity contribution >= 4 is 22.9 Å². The van der Waals surface area contributed by atoms with Crippen LogP contribution in [0.4, 0.5) is 16.2 Å². The highest BCUT2D eigenvalue weighted by molar-refractivity contribution is 5.82. The fourth-order valence-electron chi connectivity index (χ4n) is 2.12. The third kappa shape index (κ3) is 3.07. The summed E-state index contributed by atoms with van der Waals surface area (Å²) in [5, 5.41) is 3.10. The average Bonchev–Trinajstić information content (AvgIpc) is 2.93. The van der Waals surface area contributed by atoms with Crippen molar-refractivity contribution in [2.45, 2.75) is 12.8 Å². The third-order valence-electron chi connectivity index (χ3n) is 3.13. The van der Waals surface area contributed by atoms with Crippen LogP contribution >= 0.6 is 0 Å². The number of aryl methyl sites for hydroxylation is 1. The van der Waals surface area contributed by atoms with Gasteiger partial charge in [0.25, 0.3) is 0 Å². The quantitative estimate of drug-likeness (QED) is 0.625. The number of anilines is 2. The highest BCUT2D eigenvalue weighted by Gasteiger charge is 2.06. The summed E-state index contributed by atoms with van der Waals surface area (Å²) < 4.78 is 13.0. The van der Waals surface area contributed by atoms with Crippen LogP contribution in [-0.2, 0) is 6.42 Å². The molecule has 0 bridgehead atoms. The Hall–Kier alpha value is -2.70. The Morgan fingerprint density at radius 1 is 1.29 bits per heavy atom. The Kier molecular flexibility index (Phi) is 3.63. The van der Waals surface area contributed by atoms with Crippen LogP contribution in [0.25, 0.3) is 11.2 Å². The first kappa shape index (κ1) is 13.3. The van der Waals surface area contributed by atoms with E-state index in [2.05, 4.69) is 25.3 Å². The zero-order chi connectivity index (χ0) is 14.7. The number of nitrogens with one attached hydrogen (secondary N) is 2. The van der Waals surface area contributed by atoms with Crippen LogP contribution in [0.1, 0.15) is 12.0 Å². The highest BCUT2D eigenvalue weighted by atomic mass is 19.1. The summed E-state index contributed by atoms with van der Waals surface area (Å²) >= 11 is 0. The van der Waals surface area contributed by atoms with Gasteiger partial charge in [0.15, 0.2) is 11.5 Å². The van der Waals surface area contributed by atoms with Gasteiger partial charge in [0.05, 0.1) is 6.33 Å². The second-order valence-electron chi connectivity index (χ2n) is 4.69. The molecule has 3 rings (SSSR count). The van der Waals surface area contributed by atoms with Gasteiger partial charge < -0.3 is 16.0 Å². The molecule has 0 saturated carbocycles. The molecule has 0 fully saturated rings. The van der Waals surface area contributed by atoms with Gasteiger partial charge in [-0.3, -0.25) is 0 Å². The Morgan fingerprint density at radius 3 is 3.05 bits per heavy atom. The number of halogens is 1. The van der Waals surface area contributed by atoms with Crippen molar-refractivity contribution in [2.24, 2.45) is 0 Å². The molecule has 0 spiro atoms. The second kappa shape index (κ2) is 5.74. The number of imidazole rings is 1. The number of fused-ring (bicyclic) bond motifs is 1. The number of benzene rings is 1. The number of nitrogens with zero attached hydrogens (tertiary/aromatic N) is 3. The molecule has 3 aromatic rings. The van der Waals surface area contributed by atoms with E-state index in [0.717, 1.165) is 18.4 Å². The van der Waals surface area contributed by atoms with Crippen LogP contribution in [0, 0.1) is 5.82 Å². The van der Waals surface area contributed by atoms with Gasteiger partial charge in [-0.2, -0.15) is 9.97 Å². The number of nitrogen functional groups attached to an aromatic ring is 1. The van der Waals surface area contributed by atoms with Gasteiger partial charge in [-0.1, -0.05) is 12.1 Å². The lowest BCUT2D eigenvalue weighted by Gasteiger charge is -2.06. The molecule has 108 valence electrons. The number of hydrogen-bond donors (Lipinski definition) is 3. The van der Waals surface area contributed by atoms with Crippen molar-refractivity contribution in [3.8, 4) is 0 Å². The molecule has 0 atom stereocenters. The molecule has 21 heavy (non-hydrogen) atoms. The van der Waals surface area contributed by atoms with Gasteiger partial charge in [-0.15, -0.1) is 0 Å². The first-order chi connectivity index (χ1) is 10.2. The molecule has 2 heterocycles. The van der Waals surface area contributed by atoms with Crippen LogP contribution in [-0.4, -0.2) is 26.5 Å². The van der Waals surface area contributed by atoms with Gasteiger partial charge in [0.1, 0.15) is 11.3 Å². The molecule has 0 saturated heterocycles. The molecule has 0 unspecified atom stereocenters. The monoisotopic (exact) mass is 286 g/mol. The smallest absolute Gasteiger partial charge is 0.226 e. The number of rotatable bonds is 5. The predicted octanol–water partition coefficient (Wildman–Crippen LogP) is 2.12. The zero-order valence-corrected chi connectivity index (χ0v) is 11.3. The molecule has 0 radical (unpaired) electrons. The van der Waals surface area contributed by atoms with Crippen molar-refractivity contribution in [2.75, 3.05) is 17.6 Å². The lowest BCUT2D eigenvalue weighted by molar-refractivity contribution is 0.624. The van der Waals surface area contributed by atoms with E-state index in [-0.39, 0.29) is 5.82 Å². The van der Waals surface area contributed by atoms with E-state index in [1.807, 2.05) is 6.07 Å². The summed E-state index contributed by atoms with van der Waals surface area (Å²) in [6.07, 6.45) is 3.15. The van der Waals surface area contributed by atoms with Crippen LogP contribution in [0.15, 0.2) is 30.6 Å². The molecule has 1 aromatic carbocycles. The minimum atomic E-state index is -0.208. The van der Waals surface area contributed by atoms with Gasteiger partial charge >= 0.3 is 0 Å². The van der Waals surface area contributed by atoms with E-state index < -0.39 is 0 Å². The van der Waals surface area contributed by atoms with Crippen LogP contribution in [0.2, 0.25) is 0 Å².